The maximum atomic E-state index is 12.5. The van der Waals surface area contributed by atoms with Gasteiger partial charge in [0.2, 0.25) is 0 Å². The van der Waals surface area contributed by atoms with Crippen LogP contribution in [0.2, 0.25) is 0 Å². The van der Waals surface area contributed by atoms with Crippen molar-refractivity contribution < 1.29 is 9.59 Å². The van der Waals surface area contributed by atoms with Gasteiger partial charge in [-0.05, 0) is 40.8 Å². The number of nitrogens with zero attached hydrogens (tertiary/aromatic N) is 1. The van der Waals surface area contributed by atoms with Crippen LogP contribution in [0.1, 0.15) is 52.7 Å². The molecule has 0 atom stereocenters. The minimum atomic E-state index is -0.355. The average Bonchev–Trinajstić information content (AvgIpc) is 2.72. The van der Waals surface area contributed by atoms with Gasteiger partial charge in [0.25, 0.3) is 11.8 Å². The van der Waals surface area contributed by atoms with Gasteiger partial charge in [-0.2, -0.15) is 0 Å². The first kappa shape index (κ1) is 20.3. The van der Waals surface area contributed by atoms with E-state index in [1.807, 2.05) is 54.6 Å². The summed E-state index contributed by atoms with van der Waals surface area (Å²) in [6.07, 6.45) is 1.47. The molecule has 1 aromatic heterocycles. The van der Waals surface area contributed by atoms with Crippen LogP contribution in [-0.4, -0.2) is 16.8 Å². The number of hydrogen-bond acceptors (Lipinski definition) is 3. The quantitative estimate of drug-likeness (QED) is 0.674. The highest BCUT2D eigenvalue weighted by molar-refractivity contribution is 6.04. The zero-order valence-corrected chi connectivity index (χ0v) is 16.9. The minimum absolute atomic E-state index is 0.0472. The van der Waals surface area contributed by atoms with E-state index in [2.05, 4.69) is 36.4 Å². The lowest BCUT2D eigenvalue weighted by atomic mass is 9.87. The van der Waals surface area contributed by atoms with Crippen molar-refractivity contribution in [3.8, 4) is 0 Å². The summed E-state index contributed by atoms with van der Waals surface area (Å²) in [7, 11) is 0. The maximum absolute atomic E-state index is 12.5. The second kappa shape index (κ2) is 8.69. The fourth-order valence-corrected chi connectivity index (χ4v) is 2.82. The summed E-state index contributed by atoms with van der Waals surface area (Å²) in [5.74, 6) is -0.606. The van der Waals surface area contributed by atoms with E-state index < -0.39 is 0 Å². The summed E-state index contributed by atoms with van der Waals surface area (Å²) in [5, 5.41) is 5.68. The summed E-state index contributed by atoms with van der Waals surface area (Å²) in [6, 6.07) is 20.5. The third kappa shape index (κ3) is 5.51. The molecule has 3 rings (SSSR count). The van der Waals surface area contributed by atoms with Gasteiger partial charge in [0.05, 0.1) is 0 Å². The smallest absolute Gasteiger partial charge is 0.274 e. The molecule has 0 spiro atoms. The predicted octanol–water partition coefficient (Wildman–Crippen LogP) is 4.56. The molecule has 1 heterocycles. The first-order chi connectivity index (χ1) is 13.8. The Labute approximate surface area is 171 Å². The van der Waals surface area contributed by atoms with Gasteiger partial charge in [0, 0.05) is 24.0 Å². The van der Waals surface area contributed by atoms with Gasteiger partial charge in [-0.15, -0.1) is 0 Å². The molecular weight excluding hydrogens is 362 g/mol. The van der Waals surface area contributed by atoms with Crippen molar-refractivity contribution in [1.29, 1.82) is 0 Å². The van der Waals surface area contributed by atoms with Crippen molar-refractivity contribution in [3.63, 3.8) is 0 Å². The number of carbonyl (C=O) groups excluding carboxylic acids is 2. The van der Waals surface area contributed by atoms with E-state index in [0.29, 0.717) is 17.8 Å². The molecule has 29 heavy (non-hydrogen) atoms. The predicted molar refractivity (Wildman–Crippen MR) is 115 cm³/mol. The van der Waals surface area contributed by atoms with Crippen molar-refractivity contribution in [2.24, 2.45) is 0 Å². The highest BCUT2D eigenvalue weighted by atomic mass is 16.2. The third-order valence-electron chi connectivity index (χ3n) is 4.56. The Kier molecular flexibility index (Phi) is 6.07. The van der Waals surface area contributed by atoms with E-state index in [1.54, 1.807) is 6.07 Å². The van der Waals surface area contributed by atoms with Gasteiger partial charge in [-0.25, -0.2) is 0 Å². The molecule has 2 aromatic carbocycles. The zero-order valence-electron chi connectivity index (χ0n) is 16.9. The van der Waals surface area contributed by atoms with E-state index in [4.69, 9.17) is 0 Å². The van der Waals surface area contributed by atoms with Crippen LogP contribution in [0.25, 0.3) is 0 Å². The zero-order chi connectivity index (χ0) is 20.9. The van der Waals surface area contributed by atoms with Crippen molar-refractivity contribution in [2.45, 2.75) is 32.7 Å². The summed E-state index contributed by atoms with van der Waals surface area (Å²) in [4.78, 5) is 29.1. The molecule has 148 valence electrons. The molecule has 0 aliphatic heterocycles. The van der Waals surface area contributed by atoms with Gasteiger partial charge >= 0.3 is 0 Å². The number of pyridine rings is 1. The highest BCUT2D eigenvalue weighted by Gasteiger charge is 2.15. The van der Waals surface area contributed by atoms with E-state index >= 15 is 0 Å². The molecule has 0 radical (unpaired) electrons. The molecule has 0 aliphatic carbocycles. The van der Waals surface area contributed by atoms with E-state index in [-0.39, 0.29) is 22.9 Å². The normalized spacial score (nSPS) is 11.0. The monoisotopic (exact) mass is 387 g/mol. The summed E-state index contributed by atoms with van der Waals surface area (Å²) in [6.45, 7) is 6.83. The largest absolute Gasteiger partial charge is 0.348 e. The van der Waals surface area contributed by atoms with Gasteiger partial charge in [0.15, 0.2) is 0 Å². The Hall–Kier alpha value is -3.47. The van der Waals surface area contributed by atoms with Crippen LogP contribution in [0.5, 0.6) is 0 Å². The number of nitrogens with one attached hydrogen (secondary N) is 2. The van der Waals surface area contributed by atoms with Crippen LogP contribution in [0.3, 0.4) is 0 Å². The third-order valence-corrected chi connectivity index (χ3v) is 4.56. The second-order valence-corrected chi connectivity index (χ2v) is 7.88. The van der Waals surface area contributed by atoms with Crippen molar-refractivity contribution >= 4 is 17.5 Å². The number of aromatic nitrogens is 1. The molecule has 0 fully saturated rings. The molecule has 0 saturated carbocycles. The molecule has 3 aromatic rings. The molecule has 5 nitrogen and oxygen atoms in total. The molecule has 0 saturated heterocycles. The number of anilines is 1. The van der Waals surface area contributed by atoms with Gasteiger partial charge < -0.3 is 10.6 Å². The first-order valence-corrected chi connectivity index (χ1v) is 9.53. The molecule has 5 heteroatoms. The fraction of sp³-hybridized carbons (Fsp3) is 0.208. The van der Waals surface area contributed by atoms with Crippen LogP contribution in [0.15, 0.2) is 72.9 Å². The lowest BCUT2D eigenvalue weighted by Crippen LogP contribution is -2.23. The summed E-state index contributed by atoms with van der Waals surface area (Å²) in [5.41, 5.74) is 3.51. The topological polar surface area (TPSA) is 71.1 Å². The molecule has 2 N–H and O–H groups in total. The van der Waals surface area contributed by atoms with Crippen LogP contribution in [0, 0.1) is 0 Å². The van der Waals surface area contributed by atoms with Crippen LogP contribution in [-0.2, 0) is 12.0 Å². The Morgan fingerprint density at radius 3 is 2.24 bits per heavy atom. The lowest BCUT2D eigenvalue weighted by Gasteiger charge is -2.19. The van der Waals surface area contributed by atoms with E-state index in [9.17, 15) is 9.59 Å². The van der Waals surface area contributed by atoms with Gasteiger partial charge in [-0.3, -0.25) is 14.6 Å². The Balaban J connectivity index is 1.65. The lowest BCUT2D eigenvalue weighted by molar-refractivity contribution is 0.0951. The standard InChI is InChI=1S/C24H25N3O2/c1-24(2,3)19-9-11-20(12-10-19)27-23(29)21-15-18(13-14-25-21)22(28)26-16-17-7-5-4-6-8-17/h4-15H,16H2,1-3H3,(H,26,28)(H,27,29). The minimum Gasteiger partial charge on any atom is -0.348 e. The molecule has 2 amide bonds. The van der Waals surface area contributed by atoms with E-state index in [1.165, 1.54) is 17.8 Å². The Morgan fingerprint density at radius 2 is 1.59 bits per heavy atom. The summed E-state index contributed by atoms with van der Waals surface area (Å²) < 4.78 is 0. The highest BCUT2D eigenvalue weighted by Crippen LogP contribution is 2.23. The SMILES string of the molecule is CC(C)(C)c1ccc(NC(=O)c2cc(C(=O)NCc3ccccc3)ccn2)cc1. The number of rotatable bonds is 5. The molecular formula is C24H25N3O2. The Bertz CT molecular complexity index is 991. The van der Waals surface area contributed by atoms with Crippen molar-refractivity contribution in [2.75, 3.05) is 5.32 Å². The summed E-state index contributed by atoms with van der Waals surface area (Å²) >= 11 is 0. The van der Waals surface area contributed by atoms with Crippen LogP contribution in [0.4, 0.5) is 5.69 Å². The Morgan fingerprint density at radius 1 is 0.897 bits per heavy atom. The number of benzene rings is 2. The van der Waals surface area contributed by atoms with Crippen LogP contribution >= 0.6 is 0 Å². The maximum Gasteiger partial charge on any atom is 0.274 e. The molecule has 0 unspecified atom stereocenters. The number of amides is 2. The molecule has 0 bridgehead atoms. The van der Waals surface area contributed by atoms with E-state index in [0.717, 1.165) is 5.56 Å². The van der Waals surface area contributed by atoms with Crippen molar-refractivity contribution in [1.82, 2.24) is 10.3 Å². The second-order valence-electron chi connectivity index (χ2n) is 7.88. The number of hydrogen-bond donors (Lipinski definition) is 2. The first-order valence-electron chi connectivity index (χ1n) is 9.53. The van der Waals surface area contributed by atoms with Crippen molar-refractivity contribution in [3.05, 3.63) is 95.3 Å². The van der Waals surface area contributed by atoms with Crippen LogP contribution < -0.4 is 10.6 Å². The van der Waals surface area contributed by atoms with Gasteiger partial charge in [0.1, 0.15) is 5.69 Å². The number of carbonyl (C=O) groups is 2. The molecule has 0 aliphatic rings. The van der Waals surface area contributed by atoms with Gasteiger partial charge in [-0.1, -0.05) is 63.2 Å². The fourth-order valence-electron chi connectivity index (χ4n) is 2.82. The average molecular weight is 387 g/mol.